The van der Waals surface area contributed by atoms with Gasteiger partial charge >= 0.3 is 0 Å². The Morgan fingerprint density at radius 1 is 1.22 bits per heavy atom. The lowest BCUT2D eigenvalue weighted by Gasteiger charge is -2.11. The lowest BCUT2D eigenvalue weighted by Crippen LogP contribution is -2.38. The van der Waals surface area contributed by atoms with Crippen LogP contribution in [0.25, 0.3) is 0 Å². The van der Waals surface area contributed by atoms with E-state index >= 15 is 0 Å². The van der Waals surface area contributed by atoms with Gasteiger partial charge in [-0.05, 0) is 31.0 Å². The second kappa shape index (κ2) is 12.3. The average molecular weight is 391 g/mol. The first-order chi connectivity index (χ1) is 13.2. The summed E-state index contributed by atoms with van der Waals surface area (Å²) in [5.41, 5.74) is 1.11. The zero-order valence-corrected chi connectivity index (χ0v) is 17.3. The van der Waals surface area contributed by atoms with Crippen molar-refractivity contribution in [3.63, 3.8) is 0 Å². The molecule has 0 aliphatic heterocycles. The van der Waals surface area contributed by atoms with Crippen molar-refractivity contribution >= 4 is 17.3 Å². The Balaban J connectivity index is 1.85. The van der Waals surface area contributed by atoms with E-state index < -0.39 is 0 Å². The summed E-state index contributed by atoms with van der Waals surface area (Å²) in [5, 5.41) is 7.83. The maximum Gasteiger partial charge on any atom is 0.191 e. The topological polar surface area (TPSA) is 67.8 Å². The van der Waals surface area contributed by atoms with Crippen molar-refractivity contribution in [1.29, 1.82) is 0 Å². The Morgan fingerprint density at radius 2 is 2.11 bits per heavy atom. The first-order valence-corrected chi connectivity index (χ1v) is 10.2. The van der Waals surface area contributed by atoms with Gasteiger partial charge in [0.05, 0.1) is 18.2 Å². The molecule has 0 amide bonds. The minimum absolute atomic E-state index is 0.546. The van der Waals surface area contributed by atoms with E-state index in [4.69, 9.17) is 9.47 Å². The summed E-state index contributed by atoms with van der Waals surface area (Å²) in [6.45, 7) is 7.57. The molecule has 1 heterocycles. The third-order valence-electron chi connectivity index (χ3n) is 3.80. The van der Waals surface area contributed by atoms with Crippen molar-refractivity contribution in [2.24, 2.45) is 4.99 Å². The number of ether oxygens (including phenoxy) is 2. The Morgan fingerprint density at radius 3 is 2.85 bits per heavy atom. The number of aromatic nitrogens is 1. The number of aryl methyl sites for hydroxylation is 1. The van der Waals surface area contributed by atoms with Crippen molar-refractivity contribution in [3.8, 4) is 5.75 Å². The second-order valence-electron chi connectivity index (χ2n) is 5.93. The molecule has 2 aromatic rings. The quantitative estimate of drug-likeness (QED) is 0.351. The molecule has 0 aliphatic rings. The van der Waals surface area contributed by atoms with Gasteiger partial charge in [-0.3, -0.25) is 0 Å². The molecule has 0 saturated carbocycles. The largest absolute Gasteiger partial charge is 0.491 e. The van der Waals surface area contributed by atoms with Crippen molar-refractivity contribution < 1.29 is 9.47 Å². The molecule has 27 heavy (non-hydrogen) atoms. The zero-order valence-electron chi connectivity index (χ0n) is 16.5. The van der Waals surface area contributed by atoms with Crippen LogP contribution in [0.1, 0.15) is 29.3 Å². The average Bonchev–Trinajstić information content (AvgIpc) is 3.15. The van der Waals surface area contributed by atoms with Crippen molar-refractivity contribution in [3.05, 3.63) is 45.9 Å². The van der Waals surface area contributed by atoms with Crippen LogP contribution in [0.15, 0.2) is 35.5 Å². The van der Waals surface area contributed by atoms with Gasteiger partial charge in [0.25, 0.3) is 0 Å². The maximum absolute atomic E-state index is 5.66. The summed E-state index contributed by atoms with van der Waals surface area (Å²) in [5.74, 6) is 1.66. The number of benzene rings is 1. The molecule has 0 fully saturated rings. The molecule has 0 atom stereocenters. The van der Waals surface area contributed by atoms with Crippen LogP contribution in [0.3, 0.4) is 0 Å². The minimum Gasteiger partial charge on any atom is -0.491 e. The van der Waals surface area contributed by atoms with Crippen molar-refractivity contribution in [2.75, 3.05) is 33.4 Å². The van der Waals surface area contributed by atoms with Gasteiger partial charge in [-0.25, -0.2) is 9.98 Å². The summed E-state index contributed by atoms with van der Waals surface area (Å²) in [4.78, 5) is 10.5. The van der Waals surface area contributed by atoms with Gasteiger partial charge in [-0.15, -0.1) is 11.3 Å². The SMILES string of the molecule is CCNC(=NCc1cccc(OCCOC)c1)NCCc1ncc(CC)s1. The number of aliphatic imine (C=N–C) groups is 1. The molecule has 6 nitrogen and oxygen atoms in total. The van der Waals surface area contributed by atoms with Gasteiger partial charge in [0.15, 0.2) is 5.96 Å². The molecule has 1 aromatic carbocycles. The number of hydrogen-bond acceptors (Lipinski definition) is 5. The molecule has 0 spiro atoms. The Labute approximate surface area is 166 Å². The Kier molecular flexibility index (Phi) is 9.65. The van der Waals surface area contributed by atoms with Crippen LogP contribution in [0, 0.1) is 0 Å². The van der Waals surface area contributed by atoms with Crippen LogP contribution in [0.2, 0.25) is 0 Å². The fourth-order valence-electron chi connectivity index (χ4n) is 2.40. The van der Waals surface area contributed by atoms with Gasteiger partial charge in [-0.2, -0.15) is 0 Å². The van der Waals surface area contributed by atoms with Crippen LogP contribution in [0.5, 0.6) is 5.75 Å². The predicted molar refractivity (Wildman–Crippen MR) is 112 cm³/mol. The van der Waals surface area contributed by atoms with E-state index in [1.54, 1.807) is 18.4 Å². The van der Waals surface area contributed by atoms with Gasteiger partial charge in [0.1, 0.15) is 12.4 Å². The number of nitrogens with one attached hydrogen (secondary N) is 2. The highest BCUT2D eigenvalue weighted by atomic mass is 32.1. The standard InChI is InChI=1S/C20H30N4O2S/c1-4-18-15-23-19(27-18)9-10-22-20(21-5-2)24-14-16-7-6-8-17(13-16)26-12-11-25-3/h6-8,13,15H,4-5,9-12,14H2,1-3H3,(H2,21,22,24). The number of nitrogens with zero attached hydrogens (tertiary/aromatic N) is 2. The van der Waals surface area contributed by atoms with Crippen LogP contribution in [0.4, 0.5) is 0 Å². The molecule has 1 aromatic heterocycles. The van der Waals surface area contributed by atoms with Crippen LogP contribution >= 0.6 is 11.3 Å². The summed E-state index contributed by atoms with van der Waals surface area (Å²) in [6, 6.07) is 8.01. The molecular formula is C20H30N4O2S. The Bertz CT molecular complexity index is 703. The van der Waals surface area contributed by atoms with Crippen LogP contribution < -0.4 is 15.4 Å². The van der Waals surface area contributed by atoms with Crippen LogP contribution in [-0.4, -0.2) is 44.4 Å². The molecule has 7 heteroatoms. The lowest BCUT2D eigenvalue weighted by molar-refractivity contribution is 0.146. The summed E-state index contributed by atoms with van der Waals surface area (Å²) in [6.07, 6.45) is 3.92. The van der Waals surface area contributed by atoms with E-state index in [1.807, 2.05) is 24.4 Å². The van der Waals surface area contributed by atoms with Gasteiger partial charge in [0.2, 0.25) is 0 Å². The highest BCUT2D eigenvalue weighted by Crippen LogP contribution is 2.14. The van der Waals surface area contributed by atoms with Gasteiger partial charge in [0, 0.05) is 37.7 Å². The minimum atomic E-state index is 0.546. The van der Waals surface area contributed by atoms with E-state index in [0.29, 0.717) is 19.8 Å². The normalized spacial score (nSPS) is 11.4. The number of hydrogen-bond donors (Lipinski definition) is 2. The van der Waals surface area contributed by atoms with Crippen molar-refractivity contribution in [2.45, 2.75) is 33.2 Å². The molecular weight excluding hydrogens is 360 g/mol. The highest BCUT2D eigenvalue weighted by Gasteiger charge is 2.03. The predicted octanol–water partition coefficient (Wildman–Crippen LogP) is 3.03. The molecule has 0 saturated heterocycles. The first kappa shape index (κ1) is 21.2. The van der Waals surface area contributed by atoms with E-state index in [1.165, 1.54) is 4.88 Å². The number of thiazole rings is 1. The lowest BCUT2D eigenvalue weighted by atomic mass is 10.2. The summed E-state index contributed by atoms with van der Waals surface area (Å²) in [7, 11) is 1.67. The summed E-state index contributed by atoms with van der Waals surface area (Å²) >= 11 is 1.78. The van der Waals surface area contributed by atoms with Gasteiger partial charge in [-0.1, -0.05) is 19.1 Å². The first-order valence-electron chi connectivity index (χ1n) is 9.41. The molecule has 0 bridgehead atoms. The Hall–Kier alpha value is -2.12. The molecule has 2 N–H and O–H groups in total. The zero-order chi connectivity index (χ0) is 19.3. The summed E-state index contributed by atoms with van der Waals surface area (Å²) < 4.78 is 10.7. The highest BCUT2D eigenvalue weighted by molar-refractivity contribution is 7.11. The molecule has 148 valence electrons. The third kappa shape index (κ3) is 7.97. The van der Waals surface area contributed by atoms with Gasteiger partial charge < -0.3 is 20.1 Å². The maximum atomic E-state index is 5.66. The van der Waals surface area contributed by atoms with E-state index in [-0.39, 0.29) is 0 Å². The number of rotatable bonds is 11. The molecule has 2 rings (SSSR count). The van der Waals surface area contributed by atoms with Crippen molar-refractivity contribution in [1.82, 2.24) is 15.6 Å². The third-order valence-corrected chi connectivity index (χ3v) is 5.00. The van der Waals surface area contributed by atoms with E-state index in [2.05, 4.69) is 40.5 Å². The van der Waals surface area contributed by atoms with E-state index in [0.717, 1.165) is 48.2 Å². The number of methoxy groups -OCH3 is 1. The second-order valence-corrected chi connectivity index (χ2v) is 7.13. The van der Waals surface area contributed by atoms with E-state index in [9.17, 15) is 0 Å². The molecule has 0 aliphatic carbocycles. The fraction of sp³-hybridized carbons (Fsp3) is 0.500. The molecule has 0 radical (unpaired) electrons. The molecule has 0 unspecified atom stereocenters. The fourth-order valence-corrected chi connectivity index (χ4v) is 3.27. The van der Waals surface area contributed by atoms with Crippen LogP contribution in [-0.2, 0) is 24.1 Å². The monoisotopic (exact) mass is 390 g/mol. The smallest absolute Gasteiger partial charge is 0.191 e. The number of guanidine groups is 1.